The monoisotopic (exact) mass is 275 g/mol. The van der Waals surface area contributed by atoms with Crippen molar-refractivity contribution in [2.24, 2.45) is 5.73 Å². The van der Waals surface area contributed by atoms with Gasteiger partial charge in [0, 0.05) is 17.3 Å². The van der Waals surface area contributed by atoms with Crippen LogP contribution in [0.4, 0.5) is 0 Å². The Morgan fingerprint density at radius 3 is 2.68 bits per heavy atom. The maximum absolute atomic E-state index is 5.91. The fourth-order valence-electron chi connectivity index (χ4n) is 2.13. The van der Waals surface area contributed by atoms with Crippen molar-refractivity contribution < 1.29 is 4.74 Å². The SMILES string of the molecule is CC(C)Oc1cccc(CC(CN)c2cccs2)c1. The molecular weight excluding hydrogens is 254 g/mol. The number of thiophene rings is 1. The molecule has 0 radical (unpaired) electrons. The molecule has 0 spiro atoms. The van der Waals surface area contributed by atoms with Gasteiger partial charge in [-0.05, 0) is 49.4 Å². The van der Waals surface area contributed by atoms with Gasteiger partial charge in [-0.15, -0.1) is 11.3 Å². The fraction of sp³-hybridized carbons (Fsp3) is 0.375. The van der Waals surface area contributed by atoms with Crippen LogP contribution in [0.15, 0.2) is 41.8 Å². The molecule has 1 aromatic heterocycles. The molecule has 102 valence electrons. The molecule has 2 rings (SSSR count). The normalized spacial score (nSPS) is 12.6. The lowest BCUT2D eigenvalue weighted by Gasteiger charge is -2.15. The topological polar surface area (TPSA) is 35.2 Å². The van der Waals surface area contributed by atoms with E-state index in [1.165, 1.54) is 10.4 Å². The molecule has 1 atom stereocenters. The second-order valence-electron chi connectivity index (χ2n) is 4.97. The van der Waals surface area contributed by atoms with Crippen molar-refractivity contribution in [3.63, 3.8) is 0 Å². The average molecular weight is 275 g/mol. The maximum Gasteiger partial charge on any atom is 0.119 e. The Morgan fingerprint density at radius 2 is 2.05 bits per heavy atom. The Hall–Kier alpha value is -1.32. The number of rotatable bonds is 6. The second-order valence-corrected chi connectivity index (χ2v) is 5.95. The van der Waals surface area contributed by atoms with Crippen LogP contribution in [-0.4, -0.2) is 12.6 Å². The van der Waals surface area contributed by atoms with Gasteiger partial charge in [-0.2, -0.15) is 0 Å². The van der Waals surface area contributed by atoms with Crippen molar-refractivity contribution >= 4 is 11.3 Å². The molecule has 0 amide bonds. The summed E-state index contributed by atoms with van der Waals surface area (Å²) < 4.78 is 5.73. The third-order valence-electron chi connectivity index (χ3n) is 2.98. The smallest absolute Gasteiger partial charge is 0.119 e. The van der Waals surface area contributed by atoms with Gasteiger partial charge in [0.15, 0.2) is 0 Å². The van der Waals surface area contributed by atoms with E-state index < -0.39 is 0 Å². The summed E-state index contributed by atoms with van der Waals surface area (Å²) >= 11 is 1.78. The van der Waals surface area contributed by atoms with Crippen LogP contribution in [-0.2, 0) is 6.42 Å². The molecule has 1 aromatic carbocycles. The highest BCUT2D eigenvalue weighted by Crippen LogP contribution is 2.25. The van der Waals surface area contributed by atoms with Crippen LogP contribution in [0.25, 0.3) is 0 Å². The molecule has 3 heteroatoms. The molecular formula is C16H21NOS. The predicted octanol–water partition coefficient (Wildman–Crippen LogP) is 3.82. The number of hydrogen-bond acceptors (Lipinski definition) is 3. The summed E-state index contributed by atoms with van der Waals surface area (Å²) in [6.45, 7) is 4.76. The van der Waals surface area contributed by atoms with Gasteiger partial charge in [-0.25, -0.2) is 0 Å². The molecule has 2 nitrogen and oxygen atoms in total. The number of hydrogen-bond donors (Lipinski definition) is 1. The van der Waals surface area contributed by atoms with Crippen molar-refractivity contribution in [3.05, 3.63) is 52.2 Å². The lowest BCUT2D eigenvalue weighted by Crippen LogP contribution is -2.14. The fourth-order valence-corrected chi connectivity index (χ4v) is 2.97. The van der Waals surface area contributed by atoms with Crippen LogP contribution >= 0.6 is 11.3 Å². The first-order chi connectivity index (χ1) is 9.19. The molecule has 2 aromatic rings. The summed E-state index contributed by atoms with van der Waals surface area (Å²) in [6, 6.07) is 12.6. The highest BCUT2D eigenvalue weighted by atomic mass is 32.1. The first kappa shape index (κ1) is 14.1. The van der Waals surface area contributed by atoms with Gasteiger partial charge in [0.2, 0.25) is 0 Å². The van der Waals surface area contributed by atoms with Crippen molar-refractivity contribution in [1.82, 2.24) is 0 Å². The Balaban J connectivity index is 2.09. The van der Waals surface area contributed by atoms with Gasteiger partial charge < -0.3 is 10.5 Å². The van der Waals surface area contributed by atoms with Crippen molar-refractivity contribution in [1.29, 1.82) is 0 Å². The minimum absolute atomic E-state index is 0.206. The van der Waals surface area contributed by atoms with Crippen LogP contribution in [0.5, 0.6) is 5.75 Å². The molecule has 0 aliphatic carbocycles. The van der Waals surface area contributed by atoms with Gasteiger partial charge in [-0.3, -0.25) is 0 Å². The Morgan fingerprint density at radius 1 is 1.21 bits per heavy atom. The summed E-state index contributed by atoms with van der Waals surface area (Å²) in [5.74, 6) is 1.34. The molecule has 0 fully saturated rings. The zero-order valence-electron chi connectivity index (χ0n) is 11.5. The van der Waals surface area contributed by atoms with Crippen LogP contribution in [0.2, 0.25) is 0 Å². The first-order valence-electron chi connectivity index (χ1n) is 6.68. The van der Waals surface area contributed by atoms with E-state index in [9.17, 15) is 0 Å². The third-order valence-corrected chi connectivity index (χ3v) is 4.02. The van der Waals surface area contributed by atoms with Gasteiger partial charge in [0.05, 0.1) is 6.10 Å². The van der Waals surface area contributed by atoms with E-state index in [0.29, 0.717) is 12.5 Å². The standard InChI is InChI=1S/C16H21NOS/c1-12(2)18-15-6-3-5-13(10-15)9-14(11-17)16-7-4-8-19-16/h3-8,10,12,14H,9,11,17H2,1-2H3. The van der Waals surface area contributed by atoms with E-state index in [4.69, 9.17) is 10.5 Å². The van der Waals surface area contributed by atoms with Crippen molar-refractivity contribution in [2.75, 3.05) is 6.54 Å². The van der Waals surface area contributed by atoms with E-state index in [1.54, 1.807) is 11.3 Å². The maximum atomic E-state index is 5.91. The van der Waals surface area contributed by atoms with E-state index in [0.717, 1.165) is 12.2 Å². The van der Waals surface area contributed by atoms with Crippen LogP contribution in [0.1, 0.15) is 30.2 Å². The van der Waals surface area contributed by atoms with Gasteiger partial charge >= 0.3 is 0 Å². The molecule has 0 bridgehead atoms. The van der Waals surface area contributed by atoms with Crippen LogP contribution < -0.4 is 10.5 Å². The van der Waals surface area contributed by atoms with Gasteiger partial charge in [-0.1, -0.05) is 18.2 Å². The molecule has 19 heavy (non-hydrogen) atoms. The quantitative estimate of drug-likeness (QED) is 0.870. The van der Waals surface area contributed by atoms with E-state index in [1.807, 2.05) is 19.9 Å². The summed E-state index contributed by atoms with van der Waals surface area (Å²) in [7, 11) is 0. The number of benzene rings is 1. The van der Waals surface area contributed by atoms with E-state index in [-0.39, 0.29) is 6.10 Å². The third kappa shape index (κ3) is 4.08. The highest BCUT2D eigenvalue weighted by molar-refractivity contribution is 7.10. The summed E-state index contributed by atoms with van der Waals surface area (Å²) in [4.78, 5) is 1.36. The molecule has 1 unspecified atom stereocenters. The Labute approximate surface area is 119 Å². The summed E-state index contributed by atoms with van der Waals surface area (Å²) in [5.41, 5.74) is 7.19. The molecule has 0 aliphatic rings. The van der Waals surface area contributed by atoms with Crippen LogP contribution in [0.3, 0.4) is 0 Å². The second kappa shape index (κ2) is 6.73. The molecule has 0 saturated carbocycles. The molecule has 2 N–H and O–H groups in total. The predicted molar refractivity (Wildman–Crippen MR) is 82.0 cm³/mol. The van der Waals surface area contributed by atoms with Crippen molar-refractivity contribution in [2.45, 2.75) is 32.3 Å². The summed E-state index contributed by atoms with van der Waals surface area (Å²) in [5, 5.41) is 2.11. The number of nitrogens with two attached hydrogens (primary N) is 1. The minimum Gasteiger partial charge on any atom is -0.491 e. The number of ether oxygens (including phenoxy) is 1. The zero-order chi connectivity index (χ0) is 13.7. The Bertz CT molecular complexity index is 493. The zero-order valence-corrected chi connectivity index (χ0v) is 12.3. The van der Waals surface area contributed by atoms with Crippen molar-refractivity contribution in [3.8, 4) is 5.75 Å². The van der Waals surface area contributed by atoms with Crippen LogP contribution in [0, 0.1) is 0 Å². The largest absolute Gasteiger partial charge is 0.491 e. The highest BCUT2D eigenvalue weighted by Gasteiger charge is 2.12. The Kier molecular flexibility index (Phi) is 5.00. The van der Waals surface area contributed by atoms with E-state index >= 15 is 0 Å². The first-order valence-corrected chi connectivity index (χ1v) is 7.56. The lowest BCUT2D eigenvalue weighted by molar-refractivity contribution is 0.242. The molecule has 0 aliphatic heterocycles. The average Bonchev–Trinajstić information content (AvgIpc) is 2.89. The minimum atomic E-state index is 0.206. The van der Waals surface area contributed by atoms with E-state index in [2.05, 4.69) is 35.7 Å². The molecule has 1 heterocycles. The van der Waals surface area contributed by atoms with Gasteiger partial charge in [0.1, 0.15) is 5.75 Å². The van der Waals surface area contributed by atoms with Gasteiger partial charge in [0.25, 0.3) is 0 Å². The molecule has 0 saturated heterocycles. The summed E-state index contributed by atoms with van der Waals surface area (Å²) in [6.07, 6.45) is 1.17. The lowest BCUT2D eigenvalue weighted by atomic mass is 9.98.